The third-order valence-corrected chi connectivity index (χ3v) is 8.11. The van der Waals surface area contributed by atoms with E-state index in [1.807, 2.05) is 38.1 Å². The Morgan fingerprint density at radius 2 is 1.77 bits per heavy atom. The van der Waals surface area contributed by atoms with E-state index in [0.717, 1.165) is 62.9 Å². The number of hydrogen-bond donors (Lipinski definition) is 3. The van der Waals surface area contributed by atoms with Crippen LogP contribution in [0, 0.1) is 5.41 Å². The molecule has 3 N–H and O–H groups in total. The molecule has 0 aromatic heterocycles. The Morgan fingerprint density at radius 1 is 1.03 bits per heavy atom. The summed E-state index contributed by atoms with van der Waals surface area (Å²) in [7, 11) is 0. The van der Waals surface area contributed by atoms with Gasteiger partial charge in [0.1, 0.15) is 17.8 Å². The summed E-state index contributed by atoms with van der Waals surface area (Å²) < 4.78 is 11.4. The van der Waals surface area contributed by atoms with Crippen molar-refractivity contribution in [1.29, 1.82) is 0 Å². The molecule has 3 aliphatic rings. The first-order valence-corrected chi connectivity index (χ1v) is 14.7. The number of carbonyl (C=O) groups excluding carboxylic acids is 3. The van der Waals surface area contributed by atoms with Gasteiger partial charge in [0.05, 0.1) is 19.8 Å². The van der Waals surface area contributed by atoms with Crippen LogP contribution < -0.4 is 20.7 Å². The molecule has 2 aliphatic heterocycles. The van der Waals surface area contributed by atoms with Crippen LogP contribution >= 0.6 is 0 Å². The molecule has 2 bridgehead atoms. The number of ether oxygens (including phenoxy) is 2. The van der Waals surface area contributed by atoms with Gasteiger partial charge in [-0.25, -0.2) is 0 Å². The number of carbonyl (C=O) groups is 3. The molecule has 1 saturated heterocycles. The summed E-state index contributed by atoms with van der Waals surface area (Å²) in [6.07, 6.45) is 7.20. The number of amides is 3. The Bertz CT molecular complexity index is 972. The lowest BCUT2D eigenvalue weighted by atomic mass is 9.84. The highest BCUT2D eigenvalue weighted by atomic mass is 16.5. The van der Waals surface area contributed by atoms with Crippen molar-refractivity contribution >= 4 is 17.7 Å². The highest BCUT2D eigenvalue weighted by molar-refractivity contribution is 5.93. The minimum absolute atomic E-state index is 0.136. The minimum Gasteiger partial charge on any atom is -0.494 e. The van der Waals surface area contributed by atoms with Gasteiger partial charge in [0, 0.05) is 31.1 Å². The van der Waals surface area contributed by atoms with Gasteiger partial charge >= 0.3 is 0 Å². The minimum atomic E-state index is -0.744. The van der Waals surface area contributed by atoms with Crippen molar-refractivity contribution in [2.75, 3.05) is 39.5 Å². The summed E-state index contributed by atoms with van der Waals surface area (Å²) in [5.74, 6) is 0.158. The second kappa shape index (κ2) is 14.1. The van der Waals surface area contributed by atoms with Gasteiger partial charge in [-0.05, 0) is 62.6 Å². The second-order valence-electron chi connectivity index (χ2n) is 11.9. The molecule has 2 heterocycles. The summed E-state index contributed by atoms with van der Waals surface area (Å²) in [4.78, 5) is 42.7. The van der Waals surface area contributed by atoms with E-state index in [0.29, 0.717) is 45.6 Å². The third-order valence-electron chi connectivity index (χ3n) is 8.11. The highest BCUT2D eigenvalue weighted by Gasteiger charge is 2.34. The summed E-state index contributed by atoms with van der Waals surface area (Å²) in [5, 5.41) is 9.21. The standard InChI is InChI=1S/C30H46N4O5/c1-30(2)21-22-8-7-11-24(20-22)39-17-6-5-12-25(27(35)31-23-9-3-4-10-23)32-28(36)26(33-29(30)37)13-14-34-15-18-38-19-16-34/h7-8,11,20,23,25-26H,3-6,9-10,12-19,21H2,1-2H3,(H,31,35)(H,32,36)(H,33,37)/t25-,26-/m0/s1. The molecule has 4 rings (SSSR count). The van der Waals surface area contributed by atoms with Crippen LogP contribution in [0.5, 0.6) is 5.75 Å². The van der Waals surface area contributed by atoms with Crippen LogP contribution in [0.15, 0.2) is 24.3 Å². The molecule has 2 fully saturated rings. The van der Waals surface area contributed by atoms with E-state index in [4.69, 9.17) is 9.47 Å². The molecule has 1 aromatic rings. The quantitative estimate of drug-likeness (QED) is 0.528. The van der Waals surface area contributed by atoms with Gasteiger partial charge in [0.25, 0.3) is 0 Å². The van der Waals surface area contributed by atoms with Crippen LogP contribution in [-0.4, -0.2) is 80.2 Å². The third kappa shape index (κ3) is 8.93. The van der Waals surface area contributed by atoms with Gasteiger partial charge in [0.15, 0.2) is 0 Å². The Balaban J connectivity index is 1.52. The summed E-state index contributed by atoms with van der Waals surface area (Å²) in [6, 6.07) is 6.66. The molecule has 0 radical (unpaired) electrons. The molecule has 216 valence electrons. The van der Waals surface area contributed by atoms with E-state index in [9.17, 15) is 14.4 Å². The fourth-order valence-electron chi connectivity index (χ4n) is 5.65. The first-order chi connectivity index (χ1) is 18.8. The molecule has 1 saturated carbocycles. The van der Waals surface area contributed by atoms with E-state index in [1.54, 1.807) is 0 Å². The average Bonchev–Trinajstić information content (AvgIpc) is 3.43. The van der Waals surface area contributed by atoms with Crippen molar-refractivity contribution in [1.82, 2.24) is 20.9 Å². The smallest absolute Gasteiger partial charge is 0.243 e. The molecule has 9 nitrogen and oxygen atoms in total. The number of hydrogen-bond acceptors (Lipinski definition) is 6. The molecule has 1 aromatic carbocycles. The van der Waals surface area contributed by atoms with Crippen molar-refractivity contribution in [3.05, 3.63) is 29.8 Å². The average molecular weight is 543 g/mol. The number of benzene rings is 1. The predicted octanol–water partition coefficient (Wildman–Crippen LogP) is 2.57. The molecular weight excluding hydrogens is 496 g/mol. The van der Waals surface area contributed by atoms with Crippen molar-refractivity contribution in [3.63, 3.8) is 0 Å². The molecule has 3 amide bonds. The number of nitrogens with zero attached hydrogens (tertiary/aromatic N) is 1. The van der Waals surface area contributed by atoms with Crippen LogP contribution in [-0.2, 0) is 25.5 Å². The largest absolute Gasteiger partial charge is 0.494 e. The first-order valence-electron chi connectivity index (χ1n) is 14.7. The van der Waals surface area contributed by atoms with Gasteiger partial charge in [-0.1, -0.05) is 38.8 Å². The first kappa shape index (κ1) is 29.3. The molecular formula is C30H46N4O5. The molecule has 9 heteroatoms. The zero-order chi connectivity index (χ0) is 27.7. The van der Waals surface area contributed by atoms with Crippen molar-refractivity contribution in [3.8, 4) is 5.75 Å². The van der Waals surface area contributed by atoms with Crippen LogP contribution in [0.3, 0.4) is 0 Å². The Labute approximate surface area is 232 Å². The van der Waals surface area contributed by atoms with Gasteiger partial charge < -0.3 is 25.4 Å². The SMILES string of the molecule is CC1(C)Cc2cccc(c2)OCCCC[C@@H](C(=O)NC2CCCC2)NC(=O)[C@H](CCN2CCOCC2)NC1=O. The lowest BCUT2D eigenvalue weighted by Gasteiger charge is -2.31. The molecule has 39 heavy (non-hydrogen) atoms. The molecule has 0 spiro atoms. The monoisotopic (exact) mass is 542 g/mol. The van der Waals surface area contributed by atoms with Gasteiger partial charge in [-0.3, -0.25) is 19.3 Å². The number of rotatable bonds is 5. The maximum Gasteiger partial charge on any atom is 0.243 e. The molecule has 1 aliphatic carbocycles. The Kier molecular flexibility index (Phi) is 10.6. The number of morpholine rings is 1. The summed E-state index contributed by atoms with van der Waals surface area (Å²) in [5.41, 5.74) is 0.268. The predicted molar refractivity (Wildman–Crippen MR) is 149 cm³/mol. The van der Waals surface area contributed by atoms with E-state index in [2.05, 4.69) is 20.9 Å². The summed E-state index contributed by atoms with van der Waals surface area (Å²) >= 11 is 0. The summed E-state index contributed by atoms with van der Waals surface area (Å²) in [6.45, 7) is 7.94. The second-order valence-corrected chi connectivity index (χ2v) is 11.9. The van der Waals surface area contributed by atoms with Gasteiger partial charge in [0.2, 0.25) is 17.7 Å². The topological polar surface area (TPSA) is 109 Å². The number of fused-ring (bicyclic) bond motifs is 2. The maximum absolute atomic E-state index is 13.7. The van der Waals surface area contributed by atoms with Crippen molar-refractivity contribution in [2.45, 2.75) is 89.8 Å². The molecule has 0 unspecified atom stereocenters. The number of nitrogens with one attached hydrogen (secondary N) is 3. The van der Waals surface area contributed by atoms with E-state index in [-0.39, 0.29) is 23.8 Å². The fraction of sp³-hybridized carbons (Fsp3) is 0.700. The van der Waals surface area contributed by atoms with E-state index in [1.165, 1.54) is 0 Å². The van der Waals surface area contributed by atoms with Crippen molar-refractivity contribution < 1.29 is 23.9 Å². The van der Waals surface area contributed by atoms with Crippen molar-refractivity contribution in [2.24, 2.45) is 5.41 Å². The highest BCUT2D eigenvalue weighted by Crippen LogP contribution is 2.25. The zero-order valence-electron chi connectivity index (χ0n) is 23.6. The normalized spacial score (nSPS) is 25.8. The van der Waals surface area contributed by atoms with E-state index >= 15 is 0 Å². The zero-order valence-corrected chi connectivity index (χ0v) is 23.6. The lowest BCUT2D eigenvalue weighted by Crippen LogP contribution is -2.56. The molecule has 2 atom stereocenters. The van der Waals surface area contributed by atoms with E-state index < -0.39 is 17.5 Å². The maximum atomic E-state index is 13.7. The lowest BCUT2D eigenvalue weighted by molar-refractivity contribution is -0.135. The Hall–Kier alpha value is -2.65. The van der Waals surface area contributed by atoms with Gasteiger partial charge in [-0.15, -0.1) is 0 Å². The fourth-order valence-corrected chi connectivity index (χ4v) is 5.65. The Morgan fingerprint density at radius 3 is 2.54 bits per heavy atom. The van der Waals surface area contributed by atoms with Crippen LogP contribution in [0.4, 0.5) is 0 Å². The van der Waals surface area contributed by atoms with Crippen LogP contribution in [0.1, 0.15) is 70.8 Å². The van der Waals surface area contributed by atoms with Crippen LogP contribution in [0.25, 0.3) is 0 Å². The van der Waals surface area contributed by atoms with Gasteiger partial charge in [-0.2, -0.15) is 0 Å². The van der Waals surface area contributed by atoms with Crippen LogP contribution in [0.2, 0.25) is 0 Å².